The van der Waals surface area contributed by atoms with Gasteiger partial charge in [0, 0.05) is 12.7 Å². The number of rotatable bonds is 5. The van der Waals surface area contributed by atoms with E-state index < -0.39 is 5.95 Å². The van der Waals surface area contributed by atoms with Crippen LogP contribution in [0.2, 0.25) is 0 Å². The van der Waals surface area contributed by atoms with Gasteiger partial charge < -0.3 is 5.32 Å². The lowest BCUT2D eigenvalue weighted by Gasteiger charge is -2.03. The van der Waals surface area contributed by atoms with E-state index >= 15 is 0 Å². The summed E-state index contributed by atoms with van der Waals surface area (Å²) in [7, 11) is 0. The van der Waals surface area contributed by atoms with Gasteiger partial charge in [-0.2, -0.15) is 16.2 Å². The lowest BCUT2D eigenvalue weighted by Crippen LogP contribution is -2.24. The first-order chi connectivity index (χ1) is 7.24. The lowest BCUT2D eigenvalue weighted by atomic mass is 10.2. The van der Waals surface area contributed by atoms with Crippen molar-refractivity contribution in [2.45, 2.75) is 6.42 Å². The monoisotopic (exact) mass is 228 g/mol. The molecule has 1 rings (SSSR count). The molecule has 1 heterocycles. The van der Waals surface area contributed by atoms with Crippen molar-refractivity contribution in [1.82, 2.24) is 10.3 Å². The highest BCUT2D eigenvalue weighted by atomic mass is 32.2. The van der Waals surface area contributed by atoms with Gasteiger partial charge in [0.25, 0.3) is 5.91 Å². The third-order valence-corrected chi connectivity index (χ3v) is 2.50. The number of aromatic nitrogens is 1. The number of carbonyl (C=O) groups excluding carboxylic acids is 1. The normalized spacial score (nSPS) is 10.0. The van der Waals surface area contributed by atoms with Crippen LogP contribution in [0.25, 0.3) is 0 Å². The number of carbonyl (C=O) groups is 1. The van der Waals surface area contributed by atoms with Gasteiger partial charge in [-0.1, -0.05) is 0 Å². The molecule has 0 fully saturated rings. The predicted octanol–water partition coefficient (Wildman–Crippen LogP) is 1.70. The quantitative estimate of drug-likeness (QED) is 0.616. The van der Waals surface area contributed by atoms with Gasteiger partial charge in [-0.05, 0) is 30.6 Å². The summed E-state index contributed by atoms with van der Waals surface area (Å²) in [6, 6.07) is 2.60. The van der Waals surface area contributed by atoms with Crippen LogP contribution < -0.4 is 5.32 Å². The Balaban J connectivity index is 2.37. The van der Waals surface area contributed by atoms with Crippen molar-refractivity contribution in [3.8, 4) is 0 Å². The molecule has 0 saturated carbocycles. The maximum Gasteiger partial charge on any atom is 0.252 e. The van der Waals surface area contributed by atoms with Crippen molar-refractivity contribution < 1.29 is 9.18 Å². The molecule has 0 aliphatic carbocycles. The van der Waals surface area contributed by atoms with Crippen LogP contribution in [0.15, 0.2) is 18.3 Å². The number of nitrogens with zero attached hydrogens (tertiary/aromatic N) is 1. The van der Waals surface area contributed by atoms with Gasteiger partial charge in [0.15, 0.2) is 0 Å². The van der Waals surface area contributed by atoms with Gasteiger partial charge in [-0.25, -0.2) is 4.98 Å². The average molecular weight is 228 g/mol. The van der Waals surface area contributed by atoms with Crippen LogP contribution >= 0.6 is 11.8 Å². The number of nitrogens with one attached hydrogen (secondary N) is 1. The van der Waals surface area contributed by atoms with E-state index in [1.54, 1.807) is 11.8 Å². The van der Waals surface area contributed by atoms with E-state index in [2.05, 4.69) is 10.3 Å². The van der Waals surface area contributed by atoms with Crippen LogP contribution in [0.3, 0.4) is 0 Å². The minimum Gasteiger partial charge on any atom is -0.352 e. The summed E-state index contributed by atoms with van der Waals surface area (Å²) in [6.45, 7) is 0.636. The van der Waals surface area contributed by atoms with Crippen molar-refractivity contribution in [2.24, 2.45) is 0 Å². The minimum absolute atomic E-state index is 0.205. The second-order valence-electron chi connectivity index (χ2n) is 2.97. The summed E-state index contributed by atoms with van der Waals surface area (Å²) >= 11 is 1.74. The molecule has 0 aliphatic heterocycles. The number of hydrogen-bond donors (Lipinski definition) is 1. The van der Waals surface area contributed by atoms with E-state index in [-0.39, 0.29) is 5.91 Å². The van der Waals surface area contributed by atoms with Gasteiger partial charge >= 0.3 is 0 Å². The molecule has 3 nitrogen and oxygen atoms in total. The standard InChI is InChI=1S/C10H13FN2OS/c1-15-6-2-5-12-10(14)8-3-4-9(11)13-7-8/h3-4,7H,2,5-6H2,1H3,(H,12,14). The molecule has 0 bridgehead atoms. The topological polar surface area (TPSA) is 42.0 Å². The average Bonchev–Trinajstić information content (AvgIpc) is 2.25. The zero-order valence-electron chi connectivity index (χ0n) is 8.50. The van der Waals surface area contributed by atoms with Crippen LogP contribution in [0.5, 0.6) is 0 Å². The zero-order valence-corrected chi connectivity index (χ0v) is 9.31. The largest absolute Gasteiger partial charge is 0.352 e. The molecular weight excluding hydrogens is 215 g/mol. The molecule has 1 N–H and O–H groups in total. The SMILES string of the molecule is CSCCCNC(=O)c1ccc(F)nc1. The Morgan fingerprint density at radius 3 is 3.00 bits per heavy atom. The van der Waals surface area contributed by atoms with E-state index in [4.69, 9.17) is 0 Å². The predicted molar refractivity (Wildman–Crippen MR) is 59.5 cm³/mol. The Morgan fingerprint density at radius 2 is 2.40 bits per heavy atom. The summed E-state index contributed by atoms with van der Waals surface area (Å²) in [5, 5.41) is 2.74. The van der Waals surface area contributed by atoms with E-state index in [0.29, 0.717) is 12.1 Å². The fourth-order valence-electron chi connectivity index (χ4n) is 1.03. The molecule has 15 heavy (non-hydrogen) atoms. The van der Waals surface area contributed by atoms with Crippen molar-refractivity contribution in [3.63, 3.8) is 0 Å². The summed E-state index contributed by atoms with van der Waals surface area (Å²) in [5.74, 6) is 0.236. The first-order valence-electron chi connectivity index (χ1n) is 4.62. The molecule has 5 heteroatoms. The van der Waals surface area contributed by atoms with Crippen molar-refractivity contribution in [1.29, 1.82) is 0 Å². The third-order valence-electron chi connectivity index (χ3n) is 1.80. The summed E-state index contributed by atoms with van der Waals surface area (Å²) in [6.07, 6.45) is 4.19. The maximum absolute atomic E-state index is 12.5. The van der Waals surface area contributed by atoms with Crippen LogP contribution in [0.4, 0.5) is 4.39 Å². The lowest BCUT2D eigenvalue weighted by molar-refractivity contribution is 0.0953. The number of pyridine rings is 1. The first-order valence-corrected chi connectivity index (χ1v) is 6.02. The molecule has 1 amide bonds. The van der Waals surface area contributed by atoms with Crippen molar-refractivity contribution >= 4 is 17.7 Å². The van der Waals surface area contributed by atoms with Crippen LogP contribution in [-0.2, 0) is 0 Å². The molecule has 0 atom stereocenters. The van der Waals surface area contributed by atoms with E-state index in [1.165, 1.54) is 18.3 Å². The van der Waals surface area contributed by atoms with E-state index in [0.717, 1.165) is 12.2 Å². The van der Waals surface area contributed by atoms with Crippen LogP contribution in [0.1, 0.15) is 16.8 Å². The zero-order chi connectivity index (χ0) is 11.1. The van der Waals surface area contributed by atoms with Gasteiger partial charge in [0.2, 0.25) is 5.95 Å². The molecule has 82 valence electrons. The van der Waals surface area contributed by atoms with Crippen LogP contribution in [-0.4, -0.2) is 29.4 Å². The summed E-state index contributed by atoms with van der Waals surface area (Å²) < 4.78 is 12.5. The summed E-state index contributed by atoms with van der Waals surface area (Å²) in [4.78, 5) is 14.9. The third kappa shape index (κ3) is 4.29. The smallest absolute Gasteiger partial charge is 0.252 e. The second-order valence-corrected chi connectivity index (χ2v) is 3.96. The molecule has 0 saturated heterocycles. The fraction of sp³-hybridized carbons (Fsp3) is 0.400. The van der Waals surface area contributed by atoms with Crippen LogP contribution in [0, 0.1) is 5.95 Å². The highest BCUT2D eigenvalue weighted by molar-refractivity contribution is 7.98. The van der Waals surface area contributed by atoms with Crippen molar-refractivity contribution in [2.75, 3.05) is 18.6 Å². The van der Waals surface area contributed by atoms with Gasteiger partial charge in [-0.15, -0.1) is 0 Å². The molecule has 0 aromatic carbocycles. The Labute approximate surface area is 92.5 Å². The Hall–Kier alpha value is -1.10. The molecule has 0 spiro atoms. The van der Waals surface area contributed by atoms with E-state index in [9.17, 15) is 9.18 Å². The van der Waals surface area contributed by atoms with Gasteiger partial charge in [0.05, 0.1) is 5.56 Å². The highest BCUT2D eigenvalue weighted by Gasteiger charge is 2.04. The molecule has 0 unspecified atom stereocenters. The van der Waals surface area contributed by atoms with Gasteiger partial charge in [-0.3, -0.25) is 4.79 Å². The van der Waals surface area contributed by atoms with Gasteiger partial charge in [0.1, 0.15) is 0 Å². The Morgan fingerprint density at radius 1 is 1.60 bits per heavy atom. The summed E-state index contributed by atoms with van der Waals surface area (Å²) in [5.41, 5.74) is 0.389. The Bertz CT molecular complexity index is 316. The first kappa shape index (κ1) is 12.0. The number of halogens is 1. The molecule has 1 aromatic heterocycles. The number of thioether (sulfide) groups is 1. The highest BCUT2D eigenvalue weighted by Crippen LogP contribution is 1.99. The number of hydrogen-bond acceptors (Lipinski definition) is 3. The number of amides is 1. The molecular formula is C10H13FN2OS. The minimum atomic E-state index is -0.575. The molecule has 1 aromatic rings. The van der Waals surface area contributed by atoms with Crippen molar-refractivity contribution in [3.05, 3.63) is 29.8 Å². The maximum atomic E-state index is 12.5. The molecule has 0 aliphatic rings. The molecule has 0 radical (unpaired) electrons. The fourth-order valence-corrected chi connectivity index (χ4v) is 1.46. The Kier molecular flexibility index (Phi) is 5.10. The van der Waals surface area contributed by atoms with E-state index in [1.807, 2.05) is 6.26 Å². The second kappa shape index (κ2) is 6.40.